The van der Waals surface area contributed by atoms with Crippen molar-refractivity contribution >= 4 is 15.9 Å². The number of hydrogen-bond donors (Lipinski definition) is 1. The first kappa shape index (κ1) is 19.4. The van der Waals surface area contributed by atoms with Gasteiger partial charge in [-0.3, -0.25) is 4.79 Å². The lowest BCUT2D eigenvalue weighted by atomic mass is 10.2. The number of carbonyl (C=O) groups excluding carboxylic acids is 1. The number of H-pyrrole nitrogens is 1. The molecule has 1 fully saturated rings. The van der Waals surface area contributed by atoms with Crippen molar-refractivity contribution in [2.75, 3.05) is 26.2 Å². The molecule has 2 aromatic rings. The lowest BCUT2D eigenvalue weighted by Gasteiger charge is -2.21. The van der Waals surface area contributed by atoms with Crippen molar-refractivity contribution in [1.82, 2.24) is 19.2 Å². The number of sulfonamides is 1. The van der Waals surface area contributed by atoms with Crippen LogP contribution in [0.3, 0.4) is 0 Å². The van der Waals surface area contributed by atoms with Gasteiger partial charge in [0.2, 0.25) is 0 Å². The fourth-order valence-corrected chi connectivity index (χ4v) is 4.36. The van der Waals surface area contributed by atoms with Gasteiger partial charge in [-0.1, -0.05) is 0 Å². The SMILES string of the molecule is CC(C)Oc1ccc(C(=O)N2CCCN(S(=O)(=O)c3cnc[nH]3)CC2)cc1. The quantitative estimate of drug-likeness (QED) is 0.836. The van der Waals surface area contributed by atoms with Gasteiger partial charge in [0.1, 0.15) is 5.75 Å². The molecule has 1 aromatic carbocycles. The second kappa shape index (κ2) is 8.10. The van der Waals surface area contributed by atoms with E-state index in [-0.39, 0.29) is 23.6 Å². The predicted octanol–water partition coefficient (Wildman–Crippen LogP) is 1.73. The Morgan fingerprint density at radius 3 is 2.52 bits per heavy atom. The smallest absolute Gasteiger partial charge is 0.260 e. The summed E-state index contributed by atoms with van der Waals surface area (Å²) < 4.78 is 32.2. The second-order valence-electron chi connectivity index (χ2n) is 6.66. The summed E-state index contributed by atoms with van der Waals surface area (Å²) in [6.07, 6.45) is 3.28. The molecule has 1 aliphatic heterocycles. The fourth-order valence-electron chi connectivity index (χ4n) is 2.99. The summed E-state index contributed by atoms with van der Waals surface area (Å²) in [6.45, 7) is 5.36. The van der Waals surface area contributed by atoms with Crippen molar-refractivity contribution < 1.29 is 17.9 Å². The van der Waals surface area contributed by atoms with Gasteiger partial charge in [-0.25, -0.2) is 13.4 Å². The Kier molecular flexibility index (Phi) is 5.81. The zero-order valence-corrected chi connectivity index (χ0v) is 16.3. The number of imidazole rings is 1. The van der Waals surface area contributed by atoms with Crippen molar-refractivity contribution in [1.29, 1.82) is 0 Å². The van der Waals surface area contributed by atoms with E-state index in [1.807, 2.05) is 13.8 Å². The van der Waals surface area contributed by atoms with Crippen LogP contribution in [-0.4, -0.2) is 65.8 Å². The number of nitrogens with one attached hydrogen (secondary N) is 1. The van der Waals surface area contributed by atoms with E-state index in [4.69, 9.17) is 4.74 Å². The summed E-state index contributed by atoms with van der Waals surface area (Å²) in [5, 5.41) is 0.0722. The minimum absolute atomic E-state index is 0.0694. The van der Waals surface area contributed by atoms with E-state index in [9.17, 15) is 13.2 Å². The van der Waals surface area contributed by atoms with Crippen LogP contribution < -0.4 is 4.74 Å². The highest BCUT2D eigenvalue weighted by Crippen LogP contribution is 2.18. The number of carbonyl (C=O) groups is 1. The Balaban J connectivity index is 1.66. The Bertz CT molecular complexity index is 863. The van der Waals surface area contributed by atoms with Gasteiger partial charge in [0, 0.05) is 31.7 Å². The van der Waals surface area contributed by atoms with Crippen molar-refractivity contribution in [2.24, 2.45) is 0 Å². The minimum atomic E-state index is -3.61. The number of aromatic amines is 1. The molecule has 1 aromatic heterocycles. The van der Waals surface area contributed by atoms with Crippen LogP contribution in [0.2, 0.25) is 0 Å². The summed E-state index contributed by atoms with van der Waals surface area (Å²) in [6, 6.07) is 7.04. The molecule has 0 aliphatic carbocycles. The maximum Gasteiger partial charge on any atom is 0.260 e. The Hall–Kier alpha value is -2.39. The van der Waals surface area contributed by atoms with Gasteiger partial charge in [0.05, 0.1) is 18.6 Å². The predicted molar refractivity (Wildman–Crippen MR) is 100 cm³/mol. The zero-order chi connectivity index (χ0) is 19.4. The second-order valence-corrected chi connectivity index (χ2v) is 8.56. The highest BCUT2D eigenvalue weighted by Gasteiger charge is 2.29. The van der Waals surface area contributed by atoms with E-state index in [1.54, 1.807) is 29.2 Å². The molecule has 1 amide bonds. The molecular formula is C18H24N4O4S. The van der Waals surface area contributed by atoms with Crippen LogP contribution in [0.5, 0.6) is 5.75 Å². The molecule has 146 valence electrons. The van der Waals surface area contributed by atoms with Crippen LogP contribution in [0.15, 0.2) is 41.8 Å². The molecule has 1 aliphatic rings. The summed E-state index contributed by atoms with van der Waals surface area (Å²) in [7, 11) is -3.61. The third kappa shape index (κ3) is 4.48. The van der Waals surface area contributed by atoms with E-state index in [1.165, 1.54) is 16.8 Å². The Labute approximate surface area is 159 Å². The largest absolute Gasteiger partial charge is 0.491 e. The van der Waals surface area contributed by atoms with Crippen molar-refractivity contribution in [2.45, 2.75) is 31.4 Å². The first-order valence-electron chi connectivity index (χ1n) is 8.92. The first-order valence-corrected chi connectivity index (χ1v) is 10.4. The number of ether oxygens (including phenoxy) is 1. The van der Waals surface area contributed by atoms with E-state index in [0.717, 1.165) is 0 Å². The highest BCUT2D eigenvalue weighted by molar-refractivity contribution is 7.89. The Morgan fingerprint density at radius 1 is 1.15 bits per heavy atom. The molecule has 27 heavy (non-hydrogen) atoms. The molecule has 0 unspecified atom stereocenters. The van der Waals surface area contributed by atoms with Gasteiger partial charge in [0.15, 0.2) is 5.03 Å². The lowest BCUT2D eigenvalue weighted by Crippen LogP contribution is -2.37. The Morgan fingerprint density at radius 2 is 1.89 bits per heavy atom. The molecule has 2 heterocycles. The van der Waals surface area contributed by atoms with Crippen molar-refractivity contribution in [3.8, 4) is 5.75 Å². The molecule has 1 saturated heterocycles. The van der Waals surface area contributed by atoms with E-state index in [0.29, 0.717) is 37.4 Å². The van der Waals surface area contributed by atoms with Gasteiger partial charge in [0.25, 0.3) is 15.9 Å². The molecule has 0 saturated carbocycles. The number of rotatable bonds is 5. The van der Waals surface area contributed by atoms with E-state index in [2.05, 4.69) is 9.97 Å². The standard InChI is InChI=1S/C18H24N4O4S/c1-14(2)26-16-6-4-15(5-7-16)18(23)21-8-3-9-22(11-10-21)27(24,25)17-12-19-13-20-17/h4-7,12-14H,3,8-11H2,1-2H3,(H,19,20). The van der Waals surface area contributed by atoms with Gasteiger partial charge >= 0.3 is 0 Å². The molecular weight excluding hydrogens is 368 g/mol. The summed E-state index contributed by atoms with van der Waals surface area (Å²) >= 11 is 0. The molecule has 0 bridgehead atoms. The molecule has 0 spiro atoms. The number of hydrogen-bond acceptors (Lipinski definition) is 5. The number of nitrogens with zero attached hydrogens (tertiary/aromatic N) is 3. The average molecular weight is 392 g/mol. The van der Waals surface area contributed by atoms with Crippen LogP contribution in [0.4, 0.5) is 0 Å². The molecule has 1 N–H and O–H groups in total. The fraction of sp³-hybridized carbons (Fsp3) is 0.444. The summed E-state index contributed by atoms with van der Waals surface area (Å²) in [5.41, 5.74) is 0.566. The zero-order valence-electron chi connectivity index (χ0n) is 15.5. The molecule has 0 atom stereocenters. The third-order valence-electron chi connectivity index (χ3n) is 4.31. The maximum atomic E-state index is 12.8. The van der Waals surface area contributed by atoms with Gasteiger partial charge in [-0.2, -0.15) is 4.31 Å². The highest BCUT2D eigenvalue weighted by atomic mass is 32.2. The number of aromatic nitrogens is 2. The van der Waals surface area contributed by atoms with Crippen LogP contribution in [0.25, 0.3) is 0 Å². The van der Waals surface area contributed by atoms with Crippen LogP contribution >= 0.6 is 0 Å². The topological polar surface area (TPSA) is 95.6 Å². The summed E-state index contributed by atoms with van der Waals surface area (Å²) in [5.74, 6) is 0.612. The molecule has 8 nitrogen and oxygen atoms in total. The third-order valence-corrected chi connectivity index (χ3v) is 6.13. The van der Waals surface area contributed by atoms with Crippen LogP contribution in [0.1, 0.15) is 30.6 Å². The van der Waals surface area contributed by atoms with Crippen LogP contribution in [-0.2, 0) is 10.0 Å². The van der Waals surface area contributed by atoms with Crippen molar-refractivity contribution in [3.05, 3.63) is 42.4 Å². The van der Waals surface area contributed by atoms with E-state index >= 15 is 0 Å². The lowest BCUT2D eigenvalue weighted by molar-refractivity contribution is 0.0764. The molecule has 0 radical (unpaired) electrons. The summed E-state index contributed by atoms with van der Waals surface area (Å²) in [4.78, 5) is 20.9. The number of benzene rings is 1. The van der Waals surface area contributed by atoms with Gasteiger partial charge in [-0.05, 0) is 44.5 Å². The van der Waals surface area contributed by atoms with Crippen LogP contribution in [0, 0.1) is 0 Å². The van der Waals surface area contributed by atoms with Crippen molar-refractivity contribution in [3.63, 3.8) is 0 Å². The molecule has 9 heteroatoms. The minimum Gasteiger partial charge on any atom is -0.491 e. The van der Waals surface area contributed by atoms with Gasteiger partial charge < -0.3 is 14.6 Å². The van der Waals surface area contributed by atoms with Gasteiger partial charge in [-0.15, -0.1) is 0 Å². The monoisotopic (exact) mass is 392 g/mol. The van der Waals surface area contributed by atoms with E-state index < -0.39 is 10.0 Å². The number of amides is 1. The average Bonchev–Trinajstić information content (AvgIpc) is 3.07. The first-order chi connectivity index (χ1) is 12.9. The molecule has 3 rings (SSSR count). The normalized spacial score (nSPS) is 16.3. The maximum absolute atomic E-state index is 12.8.